The topological polar surface area (TPSA) is 118 Å². The lowest BCUT2D eigenvalue weighted by Crippen LogP contribution is -2.46. The van der Waals surface area contributed by atoms with Crippen molar-refractivity contribution in [3.8, 4) is 6.07 Å². The fraction of sp³-hybridized carbons (Fsp3) is 0.378. The van der Waals surface area contributed by atoms with E-state index in [0.29, 0.717) is 56.5 Å². The molecule has 1 fully saturated rings. The van der Waals surface area contributed by atoms with Crippen LogP contribution in [-0.2, 0) is 55.8 Å². The highest BCUT2D eigenvalue weighted by atomic mass is 32.2. The van der Waals surface area contributed by atoms with Crippen LogP contribution in [0.25, 0.3) is 0 Å². The number of hydrogen-bond acceptors (Lipinski definition) is 10. The molecule has 0 amide bonds. The molecule has 48 heavy (non-hydrogen) atoms. The van der Waals surface area contributed by atoms with Crippen molar-refractivity contribution in [2.24, 2.45) is 0 Å². The number of nitrogens with zero attached hydrogens (tertiary/aromatic N) is 5. The fourth-order valence-electron chi connectivity index (χ4n) is 7.03. The van der Waals surface area contributed by atoms with Crippen molar-refractivity contribution in [2.75, 3.05) is 49.0 Å². The van der Waals surface area contributed by atoms with E-state index in [1.807, 2.05) is 55.5 Å². The summed E-state index contributed by atoms with van der Waals surface area (Å²) in [6.07, 6.45) is 1.90. The predicted octanol–water partition coefficient (Wildman–Crippen LogP) is 5.24. The maximum atomic E-state index is 12.9. The predicted molar refractivity (Wildman–Crippen MR) is 181 cm³/mol. The number of ether oxygens (including phenoxy) is 3. The van der Waals surface area contributed by atoms with Gasteiger partial charge in [0.15, 0.2) is 0 Å². The van der Waals surface area contributed by atoms with Crippen molar-refractivity contribution in [1.82, 2.24) is 9.97 Å². The summed E-state index contributed by atoms with van der Waals surface area (Å²) >= 11 is 0. The Bertz CT molecular complexity index is 1900. The highest BCUT2D eigenvalue weighted by molar-refractivity contribution is 7.90. The molecule has 10 nitrogen and oxygen atoms in total. The molecule has 4 aromatic rings. The molecule has 7 rings (SSSR count). The van der Waals surface area contributed by atoms with E-state index in [2.05, 4.69) is 50.1 Å². The highest BCUT2D eigenvalue weighted by Gasteiger charge is 2.47. The normalized spacial score (nSPS) is 20.8. The van der Waals surface area contributed by atoms with Gasteiger partial charge in [0.05, 0.1) is 42.9 Å². The number of anilines is 2. The Morgan fingerprint density at radius 3 is 2.35 bits per heavy atom. The molecule has 1 spiro atoms. The third kappa shape index (κ3) is 6.29. The van der Waals surface area contributed by atoms with E-state index in [0.717, 1.165) is 46.2 Å². The maximum Gasteiger partial charge on any atom is 0.249 e. The standard InChI is InChI=1S/C37H39N5O5S/c1-26-29-14-15-33(42(22-27-10-5-3-6-11-27)23-28-12-7-4-8-13-28)30(21-38)34(29)37(25-46-26)20-32-31(24-47-37)35(40-36(39-32)48(2,43)44)41-16-9-18-45-19-17-41/h3-8,10-15,26H,9,16-20,22-25H2,1-2H3. The Balaban J connectivity index is 1.36. The minimum Gasteiger partial charge on any atom is -0.380 e. The van der Waals surface area contributed by atoms with Gasteiger partial charge in [-0.25, -0.2) is 18.4 Å². The van der Waals surface area contributed by atoms with Crippen LogP contribution in [0.4, 0.5) is 11.5 Å². The van der Waals surface area contributed by atoms with Crippen molar-refractivity contribution < 1.29 is 22.6 Å². The van der Waals surface area contributed by atoms with Gasteiger partial charge in [0.2, 0.25) is 15.0 Å². The van der Waals surface area contributed by atoms with Gasteiger partial charge >= 0.3 is 0 Å². The number of benzene rings is 3. The van der Waals surface area contributed by atoms with Crippen molar-refractivity contribution in [2.45, 2.75) is 56.3 Å². The van der Waals surface area contributed by atoms with Gasteiger partial charge in [-0.1, -0.05) is 66.7 Å². The summed E-state index contributed by atoms with van der Waals surface area (Å²) in [5, 5.41) is 10.7. The molecule has 3 aliphatic rings. The molecule has 0 saturated carbocycles. The van der Waals surface area contributed by atoms with E-state index in [4.69, 9.17) is 14.2 Å². The summed E-state index contributed by atoms with van der Waals surface area (Å²) in [4.78, 5) is 13.5. The van der Waals surface area contributed by atoms with Gasteiger partial charge in [-0.15, -0.1) is 0 Å². The summed E-state index contributed by atoms with van der Waals surface area (Å²) < 4.78 is 44.6. The number of rotatable bonds is 7. The molecule has 248 valence electrons. The zero-order valence-electron chi connectivity index (χ0n) is 27.3. The van der Waals surface area contributed by atoms with Gasteiger partial charge in [0.1, 0.15) is 17.5 Å². The molecule has 1 saturated heterocycles. The van der Waals surface area contributed by atoms with Crippen molar-refractivity contribution >= 4 is 21.3 Å². The quantitative estimate of drug-likeness (QED) is 0.243. The largest absolute Gasteiger partial charge is 0.380 e. The zero-order chi connectivity index (χ0) is 33.3. The molecular formula is C37H39N5O5S. The molecule has 0 aliphatic carbocycles. The number of fused-ring (bicyclic) bond motifs is 3. The SMILES string of the molecule is CC1OCC2(Cc3nc(S(C)(=O)=O)nc(N4CCCOCC4)c3CO2)c2c1ccc(N(Cc1ccccc1)Cc1ccccc1)c2C#N. The van der Waals surface area contributed by atoms with E-state index in [1.165, 1.54) is 0 Å². The molecule has 1 aromatic heterocycles. The Morgan fingerprint density at radius 2 is 1.69 bits per heavy atom. The summed E-state index contributed by atoms with van der Waals surface area (Å²) in [5.74, 6) is 0.567. The van der Waals surface area contributed by atoms with Gasteiger partial charge in [-0.05, 0) is 36.1 Å². The second-order valence-corrected chi connectivity index (χ2v) is 14.7. The van der Waals surface area contributed by atoms with Crippen LogP contribution in [0.1, 0.15) is 58.5 Å². The minimum absolute atomic E-state index is 0.149. The van der Waals surface area contributed by atoms with E-state index >= 15 is 0 Å². The van der Waals surface area contributed by atoms with Crippen LogP contribution in [0.3, 0.4) is 0 Å². The number of aromatic nitrogens is 2. The third-order valence-electron chi connectivity index (χ3n) is 9.41. The Labute approximate surface area is 281 Å². The lowest BCUT2D eigenvalue weighted by Gasteiger charge is -2.45. The first kappa shape index (κ1) is 32.2. The van der Waals surface area contributed by atoms with Crippen LogP contribution in [-0.4, -0.2) is 57.6 Å². The van der Waals surface area contributed by atoms with Gasteiger partial charge in [-0.2, -0.15) is 5.26 Å². The van der Waals surface area contributed by atoms with Crippen LogP contribution < -0.4 is 9.80 Å². The summed E-state index contributed by atoms with van der Waals surface area (Å²) in [5.41, 5.74) is 5.55. The monoisotopic (exact) mass is 665 g/mol. The molecular weight excluding hydrogens is 627 g/mol. The van der Waals surface area contributed by atoms with Gasteiger partial charge in [0, 0.05) is 56.6 Å². The minimum atomic E-state index is -3.72. The molecule has 3 aromatic carbocycles. The van der Waals surface area contributed by atoms with Crippen LogP contribution in [0, 0.1) is 11.3 Å². The third-order valence-corrected chi connectivity index (χ3v) is 10.3. The molecule has 0 bridgehead atoms. The van der Waals surface area contributed by atoms with Crippen LogP contribution >= 0.6 is 0 Å². The molecule has 0 radical (unpaired) electrons. The van der Waals surface area contributed by atoms with E-state index in [9.17, 15) is 13.7 Å². The molecule has 11 heteroatoms. The first-order valence-electron chi connectivity index (χ1n) is 16.3. The second-order valence-electron chi connectivity index (χ2n) is 12.8. The lowest BCUT2D eigenvalue weighted by molar-refractivity contribution is -0.148. The average Bonchev–Trinajstić information content (AvgIpc) is 3.39. The van der Waals surface area contributed by atoms with Crippen LogP contribution in [0.2, 0.25) is 0 Å². The fourth-order valence-corrected chi connectivity index (χ4v) is 7.56. The zero-order valence-corrected chi connectivity index (χ0v) is 28.1. The molecule has 2 unspecified atom stereocenters. The Hall–Kier alpha value is -4.34. The molecule has 3 aliphatic heterocycles. The Morgan fingerprint density at radius 1 is 0.979 bits per heavy atom. The molecule has 0 N–H and O–H groups in total. The Kier molecular flexibility index (Phi) is 8.92. The first-order chi connectivity index (χ1) is 23.3. The lowest BCUT2D eigenvalue weighted by atomic mass is 9.77. The molecule has 4 heterocycles. The van der Waals surface area contributed by atoms with Gasteiger partial charge < -0.3 is 24.0 Å². The summed E-state index contributed by atoms with van der Waals surface area (Å²) in [6, 6.07) is 27.1. The van der Waals surface area contributed by atoms with E-state index in [1.54, 1.807) is 0 Å². The van der Waals surface area contributed by atoms with Gasteiger partial charge in [-0.3, -0.25) is 0 Å². The van der Waals surface area contributed by atoms with Crippen molar-refractivity contribution in [1.29, 1.82) is 5.26 Å². The van der Waals surface area contributed by atoms with E-state index in [-0.39, 0.29) is 30.9 Å². The molecule has 2 atom stereocenters. The van der Waals surface area contributed by atoms with Crippen molar-refractivity contribution in [3.63, 3.8) is 0 Å². The summed E-state index contributed by atoms with van der Waals surface area (Å²) in [7, 11) is -3.72. The summed E-state index contributed by atoms with van der Waals surface area (Å²) in [6.45, 7) is 5.95. The second kappa shape index (κ2) is 13.3. The van der Waals surface area contributed by atoms with E-state index < -0.39 is 15.4 Å². The smallest absolute Gasteiger partial charge is 0.249 e. The van der Waals surface area contributed by atoms with Gasteiger partial charge in [0.25, 0.3) is 0 Å². The highest BCUT2D eigenvalue weighted by Crippen LogP contribution is 2.48. The first-order valence-corrected chi connectivity index (χ1v) is 18.2. The van der Waals surface area contributed by atoms with Crippen LogP contribution in [0.5, 0.6) is 0 Å². The number of nitriles is 1. The average molecular weight is 666 g/mol. The number of hydrogen-bond donors (Lipinski definition) is 0. The maximum absolute atomic E-state index is 12.9. The van der Waals surface area contributed by atoms with Crippen LogP contribution in [0.15, 0.2) is 78.0 Å². The van der Waals surface area contributed by atoms with Crippen molar-refractivity contribution in [3.05, 3.63) is 112 Å². The number of sulfone groups is 1.